The number of fused-ring (bicyclic) bond motifs is 1. The Labute approximate surface area is 187 Å². The molecule has 0 amide bonds. The Hall–Kier alpha value is -3.49. The van der Waals surface area contributed by atoms with Crippen LogP contribution in [0.25, 0.3) is 0 Å². The van der Waals surface area contributed by atoms with Gasteiger partial charge in [-0.05, 0) is 24.3 Å². The summed E-state index contributed by atoms with van der Waals surface area (Å²) in [7, 11) is -3.20. The van der Waals surface area contributed by atoms with Gasteiger partial charge in [-0.15, -0.1) is 0 Å². The van der Waals surface area contributed by atoms with Crippen molar-refractivity contribution in [3.05, 3.63) is 103 Å². The molecule has 0 fully saturated rings. The van der Waals surface area contributed by atoms with Crippen molar-refractivity contribution in [3.8, 4) is 23.0 Å². The molecule has 0 saturated heterocycles. The minimum Gasteiger partial charge on any atom is -0.453 e. The second kappa shape index (κ2) is 7.89. The van der Waals surface area contributed by atoms with E-state index in [0.29, 0.717) is 28.3 Å². The molecule has 1 heterocycles. The Morgan fingerprint density at radius 1 is 0.688 bits per heavy atom. The molecule has 0 bridgehead atoms. The fraction of sp³-hybridized carbons (Fsp3) is 0.111. The average molecular weight is 442 g/mol. The molecule has 0 atom stereocenters. The molecule has 0 radical (unpaired) electrons. The van der Waals surface area contributed by atoms with E-state index in [9.17, 15) is 4.57 Å². The summed E-state index contributed by atoms with van der Waals surface area (Å²) >= 11 is 0. The van der Waals surface area contributed by atoms with Crippen LogP contribution in [0, 0.1) is 0 Å². The zero-order chi connectivity index (χ0) is 22.2. The summed E-state index contributed by atoms with van der Waals surface area (Å²) in [5.74, 6) is 1.32. The van der Waals surface area contributed by atoms with Gasteiger partial charge in [0.05, 0.1) is 0 Å². The van der Waals surface area contributed by atoms with Crippen LogP contribution in [0.15, 0.2) is 103 Å². The molecule has 0 aliphatic carbocycles. The van der Waals surface area contributed by atoms with E-state index in [1.807, 2.05) is 117 Å². The standard InChI is InChI=1S/C27H23O4P/c1-27(2)30-25-19-23(18-24(26(25)31-27)29-20-12-6-3-7-13-20)32(28,21-14-8-4-9-15-21)22-16-10-5-11-17-22/h3-19H,1-2H3. The van der Waals surface area contributed by atoms with E-state index >= 15 is 0 Å². The van der Waals surface area contributed by atoms with Crippen molar-refractivity contribution < 1.29 is 18.8 Å². The van der Waals surface area contributed by atoms with Crippen LogP contribution in [0.4, 0.5) is 0 Å². The highest BCUT2D eigenvalue weighted by Crippen LogP contribution is 2.51. The summed E-state index contributed by atoms with van der Waals surface area (Å²) in [5, 5.41) is 2.12. The van der Waals surface area contributed by atoms with Crippen molar-refractivity contribution in [1.29, 1.82) is 0 Å². The van der Waals surface area contributed by atoms with Gasteiger partial charge in [0, 0.05) is 29.8 Å². The van der Waals surface area contributed by atoms with E-state index in [4.69, 9.17) is 14.2 Å². The molecule has 4 aromatic carbocycles. The first-order chi connectivity index (χ1) is 15.5. The SMILES string of the molecule is CC1(C)Oc2cc(P(=O)(c3ccccc3)c3ccccc3)cc(Oc3ccccc3)c2O1. The molecule has 0 unspecified atom stereocenters. The maximum Gasteiger partial charge on any atom is 0.246 e. The second-order valence-corrected chi connectivity index (χ2v) is 10.8. The van der Waals surface area contributed by atoms with Crippen LogP contribution in [-0.4, -0.2) is 5.79 Å². The topological polar surface area (TPSA) is 44.8 Å². The number of hydrogen-bond acceptors (Lipinski definition) is 4. The third kappa shape index (κ3) is 3.68. The zero-order valence-electron chi connectivity index (χ0n) is 17.9. The number of para-hydroxylation sites is 1. The Kier molecular flexibility index (Phi) is 5.03. The van der Waals surface area contributed by atoms with Crippen LogP contribution >= 0.6 is 7.14 Å². The van der Waals surface area contributed by atoms with Gasteiger partial charge in [-0.3, -0.25) is 0 Å². The highest BCUT2D eigenvalue weighted by atomic mass is 31.2. The molecule has 5 rings (SSSR count). The lowest BCUT2D eigenvalue weighted by Gasteiger charge is -2.21. The number of ether oxygens (including phenoxy) is 3. The predicted octanol–water partition coefficient (Wildman–Crippen LogP) is 5.63. The minimum atomic E-state index is -3.20. The Bertz CT molecular complexity index is 1240. The molecule has 32 heavy (non-hydrogen) atoms. The van der Waals surface area contributed by atoms with Gasteiger partial charge in [0.2, 0.25) is 11.5 Å². The molecule has 0 aromatic heterocycles. The summed E-state index contributed by atoms with van der Waals surface area (Å²) in [4.78, 5) is 0. The number of hydrogen-bond donors (Lipinski definition) is 0. The monoisotopic (exact) mass is 442 g/mol. The number of benzene rings is 4. The number of rotatable bonds is 5. The van der Waals surface area contributed by atoms with Crippen LogP contribution in [0.1, 0.15) is 13.8 Å². The van der Waals surface area contributed by atoms with Gasteiger partial charge < -0.3 is 18.8 Å². The van der Waals surface area contributed by atoms with Gasteiger partial charge in [0.25, 0.3) is 0 Å². The van der Waals surface area contributed by atoms with Crippen molar-refractivity contribution in [1.82, 2.24) is 0 Å². The van der Waals surface area contributed by atoms with Crippen LogP contribution < -0.4 is 30.1 Å². The molecule has 0 saturated carbocycles. The quantitative estimate of drug-likeness (QED) is 0.376. The Balaban J connectivity index is 1.73. The molecule has 1 aliphatic heterocycles. The molecule has 1 aliphatic rings. The third-order valence-electron chi connectivity index (χ3n) is 5.28. The van der Waals surface area contributed by atoms with E-state index in [1.165, 1.54) is 0 Å². The van der Waals surface area contributed by atoms with Crippen molar-refractivity contribution in [3.63, 3.8) is 0 Å². The summed E-state index contributed by atoms with van der Waals surface area (Å²) < 4.78 is 33.1. The smallest absolute Gasteiger partial charge is 0.246 e. The largest absolute Gasteiger partial charge is 0.453 e. The summed E-state index contributed by atoms with van der Waals surface area (Å²) in [6.07, 6.45) is 0. The molecule has 4 aromatic rings. The van der Waals surface area contributed by atoms with Gasteiger partial charge in [-0.25, -0.2) is 0 Å². The van der Waals surface area contributed by atoms with Gasteiger partial charge in [-0.2, -0.15) is 0 Å². The fourth-order valence-corrected chi connectivity index (χ4v) is 6.54. The molecule has 5 heteroatoms. The zero-order valence-corrected chi connectivity index (χ0v) is 18.8. The van der Waals surface area contributed by atoms with Gasteiger partial charge in [0.1, 0.15) is 5.75 Å². The van der Waals surface area contributed by atoms with Crippen molar-refractivity contribution in [2.24, 2.45) is 0 Å². The first kappa shape index (κ1) is 20.4. The normalized spacial score (nSPS) is 14.2. The van der Waals surface area contributed by atoms with E-state index in [1.54, 1.807) is 0 Å². The van der Waals surface area contributed by atoms with Gasteiger partial charge >= 0.3 is 0 Å². The minimum absolute atomic E-state index is 0.473. The van der Waals surface area contributed by atoms with Gasteiger partial charge in [-0.1, -0.05) is 78.9 Å². The molecule has 0 spiro atoms. The Morgan fingerprint density at radius 2 is 1.22 bits per heavy atom. The van der Waals surface area contributed by atoms with Crippen LogP contribution in [0.3, 0.4) is 0 Å². The lowest BCUT2D eigenvalue weighted by molar-refractivity contribution is -0.0438. The van der Waals surface area contributed by atoms with Crippen molar-refractivity contribution >= 4 is 23.1 Å². The molecule has 160 valence electrons. The lowest BCUT2D eigenvalue weighted by Crippen LogP contribution is -2.29. The maximum absolute atomic E-state index is 14.8. The van der Waals surface area contributed by atoms with E-state index < -0.39 is 12.9 Å². The summed E-state index contributed by atoms with van der Waals surface area (Å²) in [6, 6.07) is 32.2. The Morgan fingerprint density at radius 3 is 1.78 bits per heavy atom. The molecular weight excluding hydrogens is 419 g/mol. The van der Waals surface area contributed by atoms with E-state index in [-0.39, 0.29) is 0 Å². The van der Waals surface area contributed by atoms with Crippen LogP contribution in [0.2, 0.25) is 0 Å². The van der Waals surface area contributed by atoms with E-state index in [2.05, 4.69) is 0 Å². The molecule has 0 N–H and O–H groups in total. The molecular formula is C27H23O4P. The maximum atomic E-state index is 14.8. The second-order valence-electron chi connectivity index (χ2n) is 8.07. The van der Waals surface area contributed by atoms with Gasteiger partial charge in [0.15, 0.2) is 18.6 Å². The fourth-order valence-electron chi connectivity index (χ4n) is 3.87. The van der Waals surface area contributed by atoms with Crippen LogP contribution in [0.5, 0.6) is 23.0 Å². The summed E-state index contributed by atoms with van der Waals surface area (Å²) in [6.45, 7) is 3.68. The lowest BCUT2D eigenvalue weighted by atomic mass is 10.3. The van der Waals surface area contributed by atoms with Crippen molar-refractivity contribution in [2.45, 2.75) is 19.6 Å². The van der Waals surface area contributed by atoms with E-state index in [0.717, 1.165) is 10.6 Å². The van der Waals surface area contributed by atoms with Crippen molar-refractivity contribution in [2.75, 3.05) is 0 Å². The first-order valence-corrected chi connectivity index (χ1v) is 12.2. The highest BCUT2D eigenvalue weighted by Gasteiger charge is 2.38. The molecule has 4 nitrogen and oxygen atoms in total. The summed E-state index contributed by atoms with van der Waals surface area (Å²) in [5.41, 5.74) is 0. The third-order valence-corrected chi connectivity index (χ3v) is 8.32. The average Bonchev–Trinajstić information content (AvgIpc) is 3.14. The predicted molar refractivity (Wildman–Crippen MR) is 128 cm³/mol. The van der Waals surface area contributed by atoms with Crippen LogP contribution in [-0.2, 0) is 4.57 Å². The highest BCUT2D eigenvalue weighted by molar-refractivity contribution is 7.85. The first-order valence-electron chi connectivity index (χ1n) is 10.5.